The number of fused-ring (bicyclic) bond motifs is 2. The first-order chi connectivity index (χ1) is 20.8. The van der Waals surface area contributed by atoms with Crippen LogP contribution in [0.2, 0.25) is 0 Å². The van der Waals surface area contributed by atoms with Crippen molar-refractivity contribution in [2.75, 3.05) is 30.2 Å². The summed E-state index contributed by atoms with van der Waals surface area (Å²) in [4.78, 5) is 54.0. The molecule has 4 aromatic rings. The van der Waals surface area contributed by atoms with Crippen LogP contribution in [0.25, 0.3) is 17.0 Å². The van der Waals surface area contributed by atoms with E-state index in [1.165, 1.54) is 0 Å². The summed E-state index contributed by atoms with van der Waals surface area (Å²) in [5.74, 6) is -0.0636. The Labute approximate surface area is 255 Å². The Morgan fingerprint density at radius 3 is 2.49 bits per heavy atom. The number of nitrogens with one attached hydrogen (secondary N) is 2. The van der Waals surface area contributed by atoms with E-state index < -0.39 is 23.6 Å². The predicted octanol–water partition coefficient (Wildman–Crippen LogP) is 5.71. The first-order valence-electron chi connectivity index (χ1n) is 13.3. The maximum atomic E-state index is 13.3. The van der Waals surface area contributed by atoms with E-state index in [1.54, 1.807) is 42.1 Å². The van der Waals surface area contributed by atoms with E-state index in [4.69, 9.17) is 9.47 Å². The Morgan fingerprint density at radius 2 is 1.67 bits per heavy atom. The number of aromatic nitrogens is 1. The van der Waals surface area contributed by atoms with Gasteiger partial charge in [0, 0.05) is 44.5 Å². The number of amides is 4. The largest absolute Gasteiger partial charge is 0.454 e. The molecule has 3 aromatic carbocycles. The summed E-state index contributed by atoms with van der Waals surface area (Å²) in [6.07, 6.45) is 3.59. The smallest absolute Gasteiger partial charge is 0.294 e. The molecule has 2 aliphatic heterocycles. The SMILES string of the molecule is CSc1cccc(NC(=O)CN2C(=O)S/C(=C\c3c(C)n(CC(=O)Nc4ccc5c(c4)OCO5)c4ccccc34)C2=O)c1. The van der Waals surface area contributed by atoms with Crippen molar-refractivity contribution in [3.8, 4) is 11.5 Å². The fourth-order valence-corrected chi connectivity index (χ4v) is 6.25. The van der Waals surface area contributed by atoms with Gasteiger partial charge in [0.05, 0.1) is 4.91 Å². The molecular weight excluding hydrogens is 588 g/mol. The number of nitrogens with zero attached hydrogens (tertiary/aromatic N) is 2. The fraction of sp³-hybridized carbons (Fsp3) is 0.161. The molecule has 1 fully saturated rings. The van der Waals surface area contributed by atoms with E-state index in [9.17, 15) is 19.2 Å². The van der Waals surface area contributed by atoms with Crippen LogP contribution in [0.3, 0.4) is 0 Å². The lowest BCUT2D eigenvalue weighted by Crippen LogP contribution is -2.36. The molecule has 0 atom stereocenters. The van der Waals surface area contributed by atoms with E-state index in [0.717, 1.165) is 43.7 Å². The minimum atomic E-state index is -0.542. The minimum Gasteiger partial charge on any atom is -0.454 e. The lowest BCUT2D eigenvalue weighted by atomic mass is 10.1. The zero-order valence-corrected chi connectivity index (χ0v) is 24.8. The third kappa shape index (κ3) is 5.84. The number of para-hydroxylation sites is 1. The molecule has 12 heteroatoms. The lowest BCUT2D eigenvalue weighted by molar-refractivity contribution is -0.127. The number of imide groups is 1. The maximum absolute atomic E-state index is 13.3. The third-order valence-corrected chi connectivity index (χ3v) is 8.67. The van der Waals surface area contributed by atoms with Crippen LogP contribution in [0.15, 0.2) is 76.5 Å². The van der Waals surface area contributed by atoms with Crippen molar-refractivity contribution in [3.63, 3.8) is 0 Å². The van der Waals surface area contributed by atoms with Gasteiger partial charge in [-0.3, -0.25) is 24.1 Å². The van der Waals surface area contributed by atoms with Crippen molar-refractivity contribution < 1.29 is 28.7 Å². The Bertz CT molecular complexity index is 1830. The van der Waals surface area contributed by atoms with Gasteiger partial charge in [-0.1, -0.05) is 24.3 Å². The Hall–Kier alpha value is -4.68. The van der Waals surface area contributed by atoms with E-state index in [1.807, 2.05) is 60.2 Å². The van der Waals surface area contributed by atoms with Gasteiger partial charge >= 0.3 is 0 Å². The molecule has 0 spiro atoms. The second-order valence-corrected chi connectivity index (χ2v) is 11.6. The van der Waals surface area contributed by atoms with Gasteiger partial charge in [-0.05, 0) is 67.4 Å². The van der Waals surface area contributed by atoms with Crippen LogP contribution < -0.4 is 20.1 Å². The third-order valence-electron chi connectivity index (χ3n) is 7.04. The number of hydrogen-bond acceptors (Lipinski definition) is 8. The molecule has 0 aliphatic carbocycles. The molecule has 0 saturated carbocycles. The number of ether oxygens (including phenoxy) is 2. The van der Waals surface area contributed by atoms with Gasteiger partial charge in [0.25, 0.3) is 11.1 Å². The molecule has 43 heavy (non-hydrogen) atoms. The minimum absolute atomic E-state index is 0.0218. The molecule has 0 radical (unpaired) electrons. The van der Waals surface area contributed by atoms with E-state index in [0.29, 0.717) is 22.9 Å². The van der Waals surface area contributed by atoms with Crippen molar-refractivity contribution in [2.45, 2.75) is 18.4 Å². The van der Waals surface area contributed by atoms with Gasteiger partial charge in [-0.2, -0.15) is 0 Å². The van der Waals surface area contributed by atoms with Crippen LogP contribution in [0, 0.1) is 6.92 Å². The summed E-state index contributed by atoms with van der Waals surface area (Å²) >= 11 is 2.33. The van der Waals surface area contributed by atoms with Crippen LogP contribution in [-0.4, -0.2) is 52.0 Å². The van der Waals surface area contributed by atoms with Gasteiger partial charge in [0.15, 0.2) is 11.5 Å². The highest BCUT2D eigenvalue weighted by Crippen LogP contribution is 2.36. The molecule has 6 rings (SSSR count). The molecule has 0 unspecified atom stereocenters. The number of hydrogen-bond donors (Lipinski definition) is 2. The van der Waals surface area contributed by atoms with Crippen molar-refractivity contribution >= 4 is 74.8 Å². The second kappa shape index (κ2) is 11.9. The quantitative estimate of drug-likeness (QED) is 0.191. The molecule has 3 heterocycles. The number of benzene rings is 3. The standard InChI is InChI=1S/C31H26N4O6S2/c1-18-23(14-27-30(38)35(31(39)43-27)16-29(37)32-19-6-5-7-21(12-19)42-2)22-8-3-4-9-24(22)34(18)15-28(36)33-20-10-11-25-26(13-20)41-17-40-25/h3-14H,15-17H2,1-2H3,(H,32,37)(H,33,36)/b27-14-. The predicted molar refractivity (Wildman–Crippen MR) is 167 cm³/mol. The fourth-order valence-electron chi connectivity index (χ4n) is 4.97. The average Bonchev–Trinajstić information content (AvgIpc) is 3.65. The van der Waals surface area contributed by atoms with Gasteiger partial charge in [0.2, 0.25) is 18.6 Å². The average molecular weight is 615 g/mol. The number of anilines is 2. The Balaban J connectivity index is 1.20. The highest BCUT2D eigenvalue weighted by molar-refractivity contribution is 8.18. The van der Waals surface area contributed by atoms with Crippen molar-refractivity contribution in [2.24, 2.45) is 0 Å². The zero-order chi connectivity index (χ0) is 30.1. The van der Waals surface area contributed by atoms with E-state index >= 15 is 0 Å². The Morgan fingerprint density at radius 1 is 0.930 bits per heavy atom. The van der Waals surface area contributed by atoms with E-state index in [2.05, 4.69) is 10.6 Å². The number of carbonyl (C=O) groups excluding carboxylic acids is 4. The summed E-state index contributed by atoms with van der Waals surface area (Å²) in [6.45, 7) is 1.63. The summed E-state index contributed by atoms with van der Waals surface area (Å²) in [7, 11) is 0. The van der Waals surface area contributed by atoms with Crippen LogP contribution in [0.4, 0.5) is 16.2 Å². The topological polar surface area (TPSA) is 119 Å². The van der Waals surface area contributed by atoms with Crippen LogP contribution in [-0.2, 0) is 20.9 Å². The lowest BCUT2D eigenvalue weighted by Gasteiger charge is -2.12. The van der Waals surface area contributed by atoms with Crippen molar-refractivity contribution in [3.05, 3.63) is 82.9 Å². The first kappa shape index (κ1) is 28.4. The van der Waals surface area contributed by atoms with Gasteiger partial charge in [-0.25, -0.2) is 0 Å². The monoisotopic (exact) mass is 614 g/mol. The van der Waals surface area contributed by atoms with Crippen molar-refractivity contribution in [1.29, 1.82) is 0 Å². The molecule has 10 nitrogen and oxygen atoms in total. The van der Waals surface area contributed by atoms with Crippen LogP contribution in [0.1, 0.15) is 11.3 Å². The molecule has 1 aromatic heterocycles. The molecule has 218 valence electrons. The second-order valence-electron chi connectivity index (χ2n) is 9.77. The summed E-state index contributed by atoms with van der Waals surface area (Å²) in [6, 6.07) is 20.1. The molecule has 2 aliphatic rings. The highest BCUT2D eigenvalue weighted by Gasteiger charge is 2.36. The molecular formula is C31H26N4O6S2. The number of rotatable bonds is 8. The molecule has 4 amide bonds. The number of thioether (sulfide) groups is 2. The van der Waals surface area contributed by atoms with Crippen LogP contribution >= 0.6 is 23.5 Å². The first-order valence-corrected chi connectivity index (χ1v) is 15.3. The summed E-state index contributed by atoms with van der Waals surface area (Å²) in [5, 5.41) is 5.96. The summed E-state index contributed by atoms with van der Waals surface area (Å²) < 4.78 is 12.6. The Kier molecular flexibility index (Phi) is 7.87. The molecule has 0 bridgehead atoms. The van der Waals surface area contributed by atoms with E-state index in [-0.39, 0.29) is 24.2 Å². The zero-order valence-electron chi connectivity index (χ0n) is 23.2. The molecule has 2 N–H and O–H groups in total. The van der Waals surface area contributed by atoms with Crippen molar-refractivity contribution in [1.82, 2.24) is 9.47 Å². The summed E-state index contributed by atoms with van der Waals surface area (Å²) in [5.41, 5.74) is 3.44. The van der Waals surface area contributed by atoms with Gasteiger partial charge in [0.1, 0.15) is 13.1 Å². The van der Waals surface area contributed by atoms with Crippen LogP contribution in [0.5, 0.6) is 11.5 Å². The number of carbonyl (C=O) groups is 4. The van der Waals surface area contributed by atoms with Gasteiger partial charge < -0.3 is 24.7 Å². The maximum Gasteiger partial charge on any atom is 0.294 e. The molecule has 1 saturated heterocycles. The normalized spacial score (nSPS) is 15.0. The van der Waals surface area contributed by atoms with Gasteiger partial charge in [-0.15, -0.1) is 11.8 Å². The highest BCUT2D eigenvalue weighted by atomic mass is 32.2.